The molecule has 1 fully saturated rings. The van der Waals surface area contributed by atoms with Gasteiger partial charge in [-0.15, -0.1) is 0 Å². The first kappa shape index (κ1) is 11.1. The van der Waals surface area contributed by atoms with Crippen molar-refractivity contribution in [2.45, 2.75) is 59.8 Å². The normalized spacial score (nSPS) is 31.4. The summed E-state index contributed by atoms with van der Waals surface area (Å²) in [6.45, 7) is 9.52. The van der Waals surface area contributed by atoms with Crippen LogP contribution < -0.4 is 0 Å². The maximum absolute atomic E-state index is 2.46. The minimum atomic E-state index is 0.981. The van der Waals surface area contributed by atoms with Gasteiger partial charge >= 0.3 is 0 Å². The average molecular weight is 182 g/mol. The standard InChI is InChI=1S/C13H26/c1-5-7-8-11(4)13-9-12(13)10(3)6-2/h10-13H,5-9H2,1-4H3. The van der Waals surface area contributed by atoms with Crippen LogP contribution in [0.25, 0.3) is 0 Å². The van der Waals surface area contributed by atoms with Crippen LogP contribution in [0.4, 0.5) is 0 Å². The third-order valence-electron chi connectivity index (χ3n) is 4.01. The van der Waals surface area contributed by atoms with Gasteiger partial charge < -0.3 is 0 Å². The molecule has 1 aliphatic rings. The van der Waals surface area contributed by atoms with Crippen molar-refractivity contribution in [2.24, 2.45) is 23.7 Å². The second-order valence-corrected chi connectivity index (χ2v) is 5.07. The molecule has 0 bridgehead atoms. The van der Waals surface area contributed by atoms with E-state index in [1.807, 2.05) is 0 Å². The largest absolute Gasteiger partial charge is 0.0654 e. The molecule has 0 radical (unpaired) electrons. The van der Waals surface area contributed by atoms with E-state index in [1.54, 1.807) is 0 Å². The maximum Gasteiger partial charge on any atom is -0.0355 e. The summed E-state index contributed by atoms with van der Waals surface area (Å²) >= 11 is 0. The summed E-state index contributed by atoms with van der Waals surface area (Å²) < 4.78 is 0. The molecule has 0 nitrogen and oxygen atoms in total. The maximum atomic E-state index is 2.46. The second kappa shape index (κ2) is 5.02. The fourth-order valence-electron chi connectivity index (χ4n) is 2.59. The molecule has 0 heteroatoms. The van der Waals surface area contributed by atoms with Crippen molar-refractivity contribution >= 4 is 0 Å². The van der Waals surface area contributed by atoms with Gasteiger partial charge in [-0.2, -0.15) is 0 Å². The lowest BCUT2D eigenvalue weighted by molar-refractivity contribution is 0.376. The van der Waals surface area contributed by atoms with Crippen LogP contribution in [0.3, 0.4) is 0 Å². The fraction of sp³-hybridized carbons (Fsp3) is 1.00. The summed E-state index contributed by atoms with van der Waals surface area (Å²) in [7, 11) is 0. The first-order valence-corrected chi connectivity index (χ1v) is 6.20. The van der Waals surface area contributed by atoms with Gasteiger partial charge in [0.2, 0.25) is 0 Å². The molecule has 0 spiro atoms. The Hall–Kier alpha value is 0. The lowest BCUT2D eigenvalue weighted by atomic mass is 9.93. The third kappa shape index (κ3) is 3.00. The molecule has 0 saturated heterocycles. The Morgan fingerprint density at radius 1 is 1.08 bits per heavy atom. The predicted molar refractivity (Wildman–Crippen MR) is 59.7 cm³/mol. The topological polar surface area (TPSA) is 0 Å². The van der Waals surface area contributed by atoms with Crippen molar-refractivity contribution in [1.29, 1.82) is 0 Å². The van der Waals surface area contributed by atoms with E-state index < -0.39 is 0 Å². The summed E-state index contributed by atoms with van der Waals surface area (Å²) in [5, 5.41) is 0. The summed E-state index contributed by atoms with van der Waals surface area (Å²) in [5.74, 6) is 4.14. The zero-order valence-electron chi connectivity index (χ0n) is 9.84. The van der Waals surface area contributed by atoms with Crippen LogP contribution in [0.1, 0.15) is 59.8 Å². The first-order chi connectivity index (χ1) is 6.20. The molecule has 78 valence electrons. The molecule has 13 heavy (non-hydrogen) atoms. The molecule has 1 saturated carbocycles. The molecule has 1 rings (SSSR count). The van der Waals surface area contributed by atoms with E-state index >= 15 is 0 Å². The Balaban J connectivity index is 2.17. The van der Waals surface area contributed by atoms with E-state index in [-0.39, 0.29) is 0 Å². The first-order valence-electron chi connectivity index (χ1n) is 6.20. The molecule has 4 unspecified atom stereocenters. The minimum Gasteiger partial charge on any atom is -0.0654 e. The van der Waals surface area contributed by atoms with Crippen LogP contribution in [0, 0.1) is 23.7 Å². The van der Waals surface area contributed by atoms with Crippen LogP contribution in [0.5, 0.6) is 0 Å². The van der Waals surface area contributed by atoms with Crippen molar-refractivity contribution in [3.05, 3.63) is 0 Å². The van der Waals surface area contributed by atoms with E-state index in [4.69, 9.17) is 0 Å². The summed E-state index contributed by atoms with van der Waals surface area (Å²) in [4.78, 5) is 0. The van der Waals surface area contributed by atoms with Gasteiger partial charge in [-0.3, -0.25) is 0 Å². The zero-order chi connectivity index (χ0) is 9.84. The van der Waals surface area contributed by atoms with Gasteiger partial charge in [0.15, 0.2) is 0 Å². The van der Waals surface area contributed by atoms with Gasteiger partial charge in [0, 0.05) is 0 Å². The van der Waals surface area contributed by atoms with Crippen LogP contribution in [0.15, 0.2) is 0 Å². The van der Waals surface area contributed by atoms with Gasteiger partial charge in [-0.25, -0.2) is 0 Å². The van der Waals surface area contributed by atoms with E-state index in [9.17, 15) is 0 Å². The number of hydrogen-bond donors (Lipinski definition) is 0. The Bertz CT molecular complexity index is 139. The predicted octanol–water partition coefficient (Wildman–Crippen LogP) is 4.49. The van der Waals surface area contributed by atoms with Crippen LogP contribution in [-0.4, -0.2) is 0 Å². The Morgan fingerprint density at radius 2 is 1.69 bits per heavy atom. The molecule has 4 atom stereocenters. The SMILES string of the molecule is CCCCC(C)C1CC1C(C)CC. The molecule has 0 N–H and O–H groups in total. The molecule has 0 aromatic rings. The van der Waals surface area contributed by atoms with Gasteiger partial charge in [0.1, 0.15) is 0 Å². The molecule has 0 aromatic carbocycles. The fourth-order valence-corrected chi connectivity index (χ4v) is 2.59. The second-order valence-electron chi connectivity index (χ2n) is 5.07. The monoisotopic (exact) mass is 182 g/mol. The highest BCUT2D eigenvalue weighted by Gasteiger charge is 2.42. The van der Waals surface area contributed by atoms with Crippen molar-refractivity contribution in [3.8, 4) is 0 Å². The summed E-state index contributed by atoms with van der Waals surface area (Å²) in [6.07, 6.45) is 7.17. The Kier molecular flexibility index (Phi) is 4.28. The van der Waals surface area contributed by atoms with Crippen LogP contribution in [0.2, 0.25) is 0 Å². The van der Waals surface area contributed by atoms with Crippen molar-refractivity contribution < 1.29 is 0 Å². The molecule has 1 aliphatic carbocycles. The Morgan fingerprint density at radius 3 is 2.23 bits per heavy atom. The Labute approximate surface area is 84.1 Å². The number of rotatable bonds is 6. The van der Waals surface area contributed by atoms with Crippen molar-refractivity contribution in [3.63, 3.8) is 0 Å². The molecule has 0 aliphatic heterocycles. The molecule has 0 amide bonds. The average Bonchev–Trinajstić information content (AvgIpc) is 2.92. The van der Waals surface area contributed by atoms with Gasteiger partial charge in [0.05, 0.1) is 0 Å². The highest BCUT2D eigenvalue weighted by atomic mass is 14.5. The van der Waals surface area contributed by atoms with Gasteiger partial charge in [-0.1, -0.05) is 53.4 Å². The summed E-state index contributed by atoms with van der Waals surface area (Å²) in [6, 6.07) is 0. The number of hydrogen-bond acceptors (Lipinski definition) is 0. The van der Waals surface area contributed by atoms with Crippen LogP contribution >= 0.6 is 0 Å². The third-order valence-corrected chi connectivity index (χ3v) is 4.01. The number of unbranched alkanes of at least 4 members (excludes halogenated alkanes) is 1. The molecule has 0 aromatic heterocycles. The highest BCUT2D eigenvalue weighted by molar-refractivity contribution is 4.92. The molecular weight excluding hydrogens is 156 g/mol. The minimum absolute atomic E-state index is 0.981. The van der Waals surface area contributed by atoms with E-state index in [0.29, 0.717) is 0 Å². The lowest BCUT2D eigenvalue weighted by Crippen LogP contribution is -2.04. The quantitative estimate of drug-likeness (QED) is 0.567. The molecule has 0 heterocycles. The van der Waals surface area contributed by atoms with E-state index in [1.165, 1.54) is 32.1 Å². The van der Waals surface area contributed by atoms with Gasteiger partial charge in [0.25, 0.3) is 0 Å². The summed E-state index contributed by atoms with van der Waals surface area (Å²) in [5.41, 5.74) is 0. The lowest BCUT2D eigenvalue weighted by Gasteiger charge is -2.12. The van der Waals surface area contributed by atoms with Crippen molar-refractivity contribution in [2.75, 3.05) is 0 Å². The van der Waals surface area contributed by atoms with Gasteiger partial charge in [-0.05, 0) is 30.1 Å². The highest BCUT2D eigenvalue weighted by Crippen LogP contribution is 2.50. The van der Waals surface area contributed by atoms with E-state index in [0.717, 1.165) is 23.7 Å². The van der Waals surface area contributed by atoms with Crippen LogP contribution in [-0.2, 0) is 0 Å². The smallest absolute Gasteiger partial charge is 0.0355 e. The van der Waals surface area contributed by atoms with E-state index in [2.05, 4.69) is 27.7 Å². The zero-order valence-corrected chi connectivity index (χ0v) is 9.84. The van der Waals surface area contributed by atoms with Crippen molar-refractivity contribution in [1.82, 2.24) is 0 Å². The molecular formula is C13H26.